The first kappa shape index (κ1) is 122. The van der Waals surface area contributed by atoms with Crippen LogP contribution in [0.2, 0.25) is 0 Å². The molecule has 0 atom stereocenters. The van der Waals surface area contributed by atoms with Crippen LogP contribution in [0.1, 0.15) is 148 Å². The number of rotatable bonds is 32. The fourth-order valence-corrected chi connectivity index (χ4v) is 10.7. The molecule has 47 heteroatoms. The molecular formula is C61H83Br5Cl24Li2N3O12P-2. The summed E-state index contributed by atoms with van der Waals surface area (Å²) in [5.41, 5.74) is 6.81. The van der Waals surface area contributed by atoms with Crippen LogP contribution in [0.15, 0.2) is 59.6 Å². The molecule has 0 radical (unpaired) electrons. The summed E-state index contributed by atoms with van der Waals surface area (Å²) in [5.74, 6) is 1.37. The van der Waals surface area contributed by atoms with E-state index >= 15 is 0 Å². The van der Waals surface area contributed by atoms with Crippen LogP contribution in [-0.4, -0.2) is 167 Å². The van der Waals surface area contributed by atoms with Crippen LogP contribution in [0.3, 0.4) is 0 Å². The molecule has 2 heterocycles. The number of Topliss-reactive ketones (excluding diaryl/α,β-unsaturated/α-hetero) is 1. The van der Waals surface area contributed by atoms with Crippen molar-refractivity contribution in [2.24, 2.45) is 15.0 Å². The minimum Gasteiger partial charge on any atom is -1.00 e. The second-order valence-electron chi connectivity index (χ2n) is 25.1. The number of aliphatic imine (C=N–C) groups is 3. The van der Waals surface area contributed by atoms with Crippen molar-refractivity contribution in [1.29, 1.82) is 0 Å². The van der Waals surface area contributed by atoms with Gasteiger partial charge in [-0.25, -0.2) is 17.5 Å². The number of halogens is 29. The summed E-state index contributed by atoms with van der Waals surface area (Å²) in [6, 6.07) is 0. The number of ketones is 1. The molecule has 4 rings (SSSR count). The summed E-state index contributed by atoms with van der Waals surface area (Å²) in [6.45, 7) is 22.5. The second kappa shape index (κ2) is 57.4. The van der Waals surface area contributed by atoms with Gasteiger partial charge in [-0.2, -0.15) is 0 Å². The average molecular weight is 2350 g/mol. The van der Waals surface area contributed by atoms with Crippen LogP contribution in [-0.2, 0) is 52.2 Å². The van der Waals surface area contributed by atoms with Gasteiger partial charge in [0, 0.05) is 42.3 Å². The SMILES string of the molecule is BrP(Br)Br.C/C(CBr)=C(\CCC(OCC(Cl)(Cl)Cl)OCC(Cl)(Cl)Cl)C1=NC(C)(C)CO1.CC1=C(CCC(OCC(Cl)(Cl)Cl)OCC(Cl)(Cl)Cl)C(=NC(C)(C)[O-])CC1.CC1=C(CCC(OCC(Cl)(Cl)Cl)OCC(Cl)(Cl)Cl)CCC1=O.[Br-].[CH2-]/C(C)=C(/CCC(OCC(Cl)(Cl)Cl)OCC(Cl)(Cl)Cl)C1=NC(C)(C)CO1.[H-].[Li+].[Li+]. The standard InChI is InChI=1S/C16H22BrCl6NO3.2C16H22Cl6NO3.C13H16Cl6O3.Br3P.BrH.2Li.H/c1-10(6-17)11(13-24-14(2,3)7-27-13)4-5-12(25-8-15(18,19)20)26-9-16(21,22)23;1-10(2)11(13-23-14(3,4)7-26-13)5-6-12(24-8-15(17,18)19)25-9-16(20,21)22;1-10-4-6-12(23-14(2,3)24)11(10)5-7-13(25-8-15(17,18)19)26-9-16(20,21)22;1-8-9(2-4-10(8)20)3-5-11(21-6-12(14,15)16)22-7-13(17,18)19;1-4(2)3;;;;/h12H,4-9H2,1-3H3;12H,1,5-9H2,2-4H3;13H,4-9H2,1-3H3;11H,2-7H2,1H3;;1H;;;/q;2*-1;;;;2*+1;-1/p-1/b11-10-;11-10+;;;;;;;. The summed E-state index contributed by atoms with van der Waals surface area (Å²) in [7, 11) is 0. The number of allylic oxidation sites excluding steroid dienone is 6. The van der Waals surface area contributed by atoms with Crippen molar-refractivity contribution in [3.63, 3.8) is 0 Å². The minimum absolute atomic E-state index is 0. The molecule has 2 aliphatic heterocycles. The quantitative estimate of drug-likeness (QED) is 0.0206. The normalized spacial score (nSPS) is 17.3. The van der Waals surface area contributed by atoms with E-state index in [9.17, 15) is 9.90 Å². The molecule has 2 aliphatic carbocycles. The van der Waals surface area contributed by atoms with Crippen molar-refractivity contribution in [1.82, 2.24) is 0 Å². The van der Waals surface area contributed by atoms with Crippen molar-refractivity contribution in [2.45, 2.75) is 219 Å². The number of ether oxygens (including phenoxy) is 10. The molecule has 0 N–H and O–H groups in total. The van der Waals surface area contributed by atoms with E-state index in [1.54, 1.807) is 0 Å². The molecule has 0 spiro atoms. The Labute approximate surface area is 826 Å². The Bertz CT molecular complexity index is 2820. The van der Waals surface area contributed by atoms with Gasteiger partial charge in [-0.1, -0.05) is 338 Å². The minimum atomic E-state index is -1.58. The molecule has 15 nitrogen and oxygen atoms in total. The van der Waals surface area contributed by atoms with Gasteiger partial charge < -0.3 is 75.9 Å². The molecule has 0 fully saturated rings. The Morgan fingerprint density at radius 3 is 1.06 bits per heavy atom. The Hall–Kier alpha value is 7.73. The molecule has 0 bridgehead atoms. The van der Waals surface area contributed by atoms with E-state index in [2.05, 4.69) is 84.3 Å². The van der Waals surface area contributed by atoms with Crippen LogP contribution >= 0.6 is 345 Å². The zero-order valence-corrected chi connectivity index (χ0v) is 87.4. The molecular weight excluding hydrogens is 2260 g/mol. The van der Waals surface area contributed by atoms with Gasteiger partial charge in [-0.15, -0.1) is 5.57 Å². The van der Waals surface area contributed by atoms with Gasteiger partial charge in [0.2, 0.25) is 36.2 Å². The van der Waals surface area contributed by atoms with E-state index in [-0.39, 0.29) is 130 Å². The maximum Gasteiger partial charge on any atom is 1.00 e. The number of hydrogen-bond acceptors (Lipinski definition) is 15. The van der Waals surface area contributed by atoms with Gasteiger partial charge in [0.25, 0.3) is 0 Å². The van der Waals surface area contributed by atoms with E-state index in [1.165, 1.54) is 19.4 Å². The number of nitrogens with zero attached hydrogens (tertiary/aromatic N) is 3. The molecule has 0 saturated carbocycles. The molecule has 108 heavy (non-hydrogen) atoms. The molecule has 0 aromatic heterocycles. The largest absolute Gasteiger partial charge is 1.00 e. The number of alkyl halides is 25. The first-order chi connectivity index (χ1) is 47.3. The summed E-state index contributed by atoms with van der Waals surface area (Å²) in [4.78, 5) is 25.0. The summed E-state index contributed by atoms with van der Waals surface area (Å²) in [5, 5.41) is 12.6. The fraction of sp³-hybridized carbons (Fsp3) is 0.787. The second-order valence-corrected chi connectivity index (χ2v) is 61.1. The maximum absolute atomic E-state index is 11.9. The molecule has 4 aliphatic rings. The maximum atomic E-state index is 11.9. The monoisotopic (exact) mass is 2330 g/mol. The summed E-state index contributed by atoms with van der Waals surface area (Å²) >= 11 is 150. The Kier molecular flexibility index (Phi) is 64.9. The predicted molar refractivity (Wildman–Crippen MR) is 467 cm³/mol. The van der Waals surface area contributed by atoms with E-state index in [1.807, 2.05) is 55.4 Å². The van der Waals surface area contributed by atoms with Crippen molar-refractivity contribution < 1.29 is 113 Å². The van der Waals surface area contributed by atoms with Crippen molar-refractivity contribution in [3.8, 4) is 0 Å². The first-order valence-corrected chi connectivity index (χ1v) is 48.5. The number of carbonyl (C=O) groups excluding carboxylic acids is 1. The third-order valence-electron chi connectivity index (χ3n) is 13.3. The van der Waals surface area contributed by atoms with Gasteiger partial charge in [-0.3, -0.25) is 9.79 Å². The van der Waals surface area contributed by atoms with E-state index in [0.717, 1.165) is 64.0 Å². The van der Waals surface area contributed by atoms with Crippen LogP contribution in [0.4, 0.5) is 0 Å². The van der Waals surface area contributed by atoms with Crippen molar-refractivity contribution in [3.05, 3.63) is 51.5 Å². The Morgan fingerprint density at radius 2 is 0.815 bits per heavy atom. The molecule has 626 valence electrons. The molecule has 0 saturated heterocycles. The zero-order valence-electron chi connectivity index (χ0n) is 61.4. The third-order valence-corrected chi connectivity index (χ3v) is 16.8. The van der Waals surface area contributed by atoms with Crippen LogP contribution in [0.25, 0.3) is 0 Å². The Balaban J connectivity index is -0.000000429. The van der Waals surface area contributed by atoms with Crippen LogP contribution in [0, 0.1) is 6.92 Å². The van der Waals surface area contributed by atoms with Gasteiger partial charge >= 0.3 is 37.7 Å². The number of hydrogen-bond donors (Lipinski definition) is 0. The first-order valence-electron chi connectivity index (χ1n) is 30.9. The Morgan fingerprint density at radius 1 is 0.528 bits per heavy atom. The third kappa shape index (κ3) is 67.1. The van der Waals surface area contributed by atoms with Gasteiger partial charge in [0.05, 0.1) is 63.9 Å². The molecule has 0 unspecified atom stereocenters. The van der Waals surface area contributed by atoms with E-state index in [4.69, 9.17) is 326 Å². The van der Waals surface area contributed by atoms with Gasteiger partial charge in [0.15, 0.2) is 30.9 Å². The summed E-state index contributed by atoms with van der Waals surface area (Å²) in [6.07, 6.45) is 4.10. The zero-order chi connectivity index (χ0) is 81.8. The van der Waals surface area contributed by atoms with Crippen molar-refractivity contribution >= 4 is 368 Å². The molecule has 0 aromatic carbocycles. The van der Waals surface area contributed by atoms with Crippen LogP contribution in [0.5, 0.6) is 0 Å². The summed E-state index contributed by atoms with van der Waals surface area (Å²) < 4.78 is 42.7. The molecule has 0 aromatic rings. The molecule has 0 amide bonds. The number of carbonyl (C=O) groups is 1. The topological polar surface area (TPSA) is 170 Å². The average Bonchev–Trinajstić information content (AvgIpc) is 1.70. The van der Waals surface area contributed by atoms with Gasteiger partial charge in [-0.05, 0) is 157 Å². The fourth-order valence-electron chi connectivity index (χ4n) is 8.81. The van der Waals surface area contributed by atoms with E-state index in [0.29, 0.717) is 88.1 Å². The predicted octanol–water partition coefficient (Wildman–Crippen LogP) is 18.6. The van der Waals surface area contributed by atoms with Gasteiger partial charge in [0.1, 0.15) is 23.1 Å². The van der Waals surface area contributed by atoms with Crippen molar-refractivity contribution in [2.75, 3.05) is 71.4 Å². The van der Waals surface area contributed by atoms with E-state index < -0.39 is 61.2 Å². The van der Waals surface area contributed by atoms with Crippen LogP contribution < -0.4 is 59.8 Å². The smallest absolute Gasteiger partial charge is 1.00 e.